The van der Waals surface area contributed by atoms with Crippen molar-refractivity contribution in [2.24, 2.45) is 5.92 Å². The number of piperidine rings is 1. The van der Waals surface area contributed by atoms with Crippen LogP contribution in [0, 0.1) is 5.92 Å². The lowest BCUT2D eigenvalue weighted by Gasteiger charge is -2.32. The Morgan fingerprint density at radius 1 is 1.39 bits per heavy atom. The minimum atomic E-state index is -0.381. The normalized spacial score (nSPS) is 19.8. The van der Waals surface area contributed by atoms with Crippen LogP contribution < -0.4 is 0 Å². The summed E-state index contributed by atoms with van der Waals surface area (Å²) in [5.41, 5.74) is 0.105. The van der Waals surface area contributed by atoms with Crippen LogP contribution in [-0.4, -0.2) is 45.8 Å². The summed E-state index contributed by atoms with van der Waals surface area (Å²) in [6.07, 6.45) is 1.75. The van der Waals surface area contributed by atoms with Crippen molar-refractivity contribution in [2.75, 3.05) is 19.7 Å². The molecule has 0 bridgehead atoms. The number of aliphatic hydroxyl groups is 1. The molecule has 1 atom stereocenters. The van der Waals surface area contributed by atoms with Crippen molar-refractivity contribution >= 4 is 5.91 Å². The van der Waals surface area contributed by atoms with Gasteiger partial charge in [0.05, 0.1) is 5.56 Å². The molecule has 1 saturated heterocycles. The summed E-state index contributed by atoms with van der Waals surface area (Å²) in [7, 11) is 0. The first-order chi connectivity index (χ1) is 8.63. The van der Waals surface area contributed by atoms with E-state index in [0.717, 1.165) is 12.8 Å². The molecule has 0 aliphatic carbocycles. The Bertz CT molecular complexity index is 447. The molecule has 0 spiro atoms. The molecular formula is C13H17NO4. The molecule has 1 aliphatic heterocycles. The van der Waals surface area contributed by atoms with Gasteiger partial charge in [0.25, 0.3) is 5.91 Å². The summed E-state index contributed by atoms with van der Waals surface area (Å²) in [4.78, 5) is 13.8. The molecule has 1 unspecified atom stereocenters. The van der Waals surface area contributed by atoms with Gasteiger partial charge in [-0.15, -0.1) is 0 Å². The fraction of sp³-hybridized carbons (Fsp3) is 0.462. The third-order valence-corrected chi connectivity index (χ3v) is 3.31. The van der Waals surface area contributed by atoms with Crippen LogP contribution in [0.4, 0.5) is 0 Å². The fourth-order valence-electron chi connectivity index (χ4n) is 2.27. The average molecular weight is 251 g/mol. The van der Waals surface area contributed by atoms with Gasteiger partial charge in [0.15, 0.2) is 11.5 Å². The monoisotopic (exact) mass is 251 g/mol. The third-order valence-electron chi connectivity index (χ3n) is 3.31. The van der Waals surface area contributed by atoms with E-state index in [9.17, 15) is 15.0 Å². The molecule has 5 nitrogen and oxygen atoms in total. The predicted octanol–water partition coefficient (Wildman–Crippen LogP) is 0.942. The predicted molar refractivity (Wildman–Crippen MR) is 65.5 cm³/mol. The summed E-state index contributed by atoms with van der Waals surface area (Å²) in [6, 6.07) is 4.34. The van der Waals surface area contributed by atoms with E-state index in [1.165, 1.54) is 18.2 Å². The minimum absolute atomic E-state index is 0.0653. The number of hydrogen-bond donors (Lipinski definition) is 3. The molecule has 0 aromatic heterocycles. The van der Waals surface area contributed by atoms with Gasteiger partial charge in [-0.25, -0.2) is 0 Å². The van der Waals surface area contributed by atoms with E-state index in [2.05, 4.69) is 0 Å². The first kappa shape index (κ1) is 12.7. The molecule has 1 heterocycles. The van der Waals surface area contributed by atoms with Crippen LogP contribution in [0.1, 0.15) is 23.2 Å². The second-order valence-electron chi connectivity index (χ2n) is 4.62. The highest BCUT2D eigenvalue weighted by atomic mass is 16.3. The van der Waals surface area contributed by atoms with Crippen molar-refractivity contribution in [2.45, 2.75) is 12.8 Å². The molecule has 1 aromatic carbocycles. The number of benzene rings is 1. The molecule has 1 fully saturated rings. The zero-order valence-corrected chi connectivity index (χ0v) is 10.0. The highest BCUT2D eigenvalue weighted by Gasteiger charge is 2.26. The first-order valence-corrected chi connectivity index (χ1v) is 6.04. The number of nitrogens with zero attached hydrogens (tertiary/aromatic N) is 1. The first-order valence-electron chi connectivity index (χ1n) is 6.04. The Hall–Kier alpha value is -1.75. The van der Waals surface area contributed by atoms with Crippen LogP contribution in [0.2, 0.25) is 0 Å². The van der Waals surface area contributed by atoms with E-state index in [4.69, 9.17) is 5.11 Å². The van der Waals surface area contributed by atoms with Crippen molar-refractivity contribution in [3.8, 4) is 11.5 Å². The molecule has 3 N–H and O–H groups in total. The second kappa shape index (κ2) is 5.27. The van der Waals surface area contributed by atoms with Crippen molar-refractivity contribution in [1.29, 1.82) is 0 Å². The molecule has 18 heavy (non-hydrogen) atoms. The molecule has 5 heteroatoms. The van der Waals surface area contributed by atoms with Crippen molar-refractivity contribution < 1.29 is 20.1 Å². The quantitative estimate of drug-likeness (QED) is 0.683. The van der Waals surface area contributed by atoms with Crippen molar-refractivity contribution in [3.63, 3.8) is 0 Å². The van der Waals surface area contributed by atoms with Gasteiger partial charge in [-0.2, -0.15) is 0 Å². The molecule has 2 rings (SSSR count). The van der Waals surface area contributed by atoms with Crippen molar-refractivity contribution in [1.82, 2.24) is 4.90 Å². The third kappa shape index (κ3) is 2.41. The van der Waals surface area contributed by atoms with Crippen LogP contribution >= 0.6 is 0 Å². The maximum Gasteiger partial charge on any atom is 0.257 e. The van der Waals surface area contributed by atoms with Gasteiger partial charge in [-0.05, 0) is 30.9 Å². The number of likely N-dealkylation sites (tertiary alicyclic amines) is 1. The van der Waals surface area contributed by atoms with Gasteiger partial charge in [0.1, 0.15) is 0 Å². The number of phenolic OH excluding ortho intramolecular Hbond substituents is 2. The molecule has 1 amide bonds. The zero-order valence-electron chi connectivity index (χ0n) is 10.0. The van der Waals surface area contributed by atoms with Gasteiger partial charge >= 0.3 is 0 Å². The van der Waals surface area contributed by atoms with Gasteiger partial charge in [-0.1, -0.05) is 6.07 Å². The topological polar surface area (TPSA) is 81.0 Å². The summed E-state index contributed by atoms with van der Waals surface area (Å²) in [6.45, 7) is 1.17. The van der Waals surface area contributed by atoms with Gasteiger partial charge in [0.2, 0.25) is 0 Å². The molecule has 0 radical (unpaired) electrons. The van der Waals surface area contributed by atoms with Crippen LogP contribution in [0.5, 0.6) is 11.5 Å². The lowest BCUT2D eigenvalue weighted by molar-refractivity contribution is 0.0617. The lowest BCUT2D eigenvalue weighted by atomic mass is 9.98. The number of phenols is 2. The van der Waals surface area contributed by atoms with E-state index >= 15 is 0 Å². The number of amides is 1. The second-order valence-corrected chi connectivity index (χ2v) is 4.62. The van der Waals surface area contributed by atoms with Crippen molar-refractivity contribution in [3.05, 3.63) is 23.8 Å². The van der Waals surface area contributed by atoms with Crippen LogP contribution in [0.3, 0.4) is 0 Å². The summed E-state index contributed by atoms with van der Waals surface area (Å²) in [5.74, 6) is -0.881. The molecule has 0 saturated carbocycles. The van der Waals surface area contributed by atoms with Crippen LogP contribution in [0.25, 0.3) is 0 Å². The lowest BCUT2D eigenvalue weighted by Crippen LogP contribution is -2.40. The Morgan fingerprint density at radius 2 is 2.17 bits per heavy atom. The Labute approximate surface area is 105 Å². The molecule has 98 valence electrons. The van der Waals surface area contributed by atoms with E-state index in [1.807, 2.05) is 0 Å². The number of rotatable bonds is 2. The largest absolute Gasteiger partial charge is 0.504 e. The molecular weight excluding hydrogens is 234 g/mol. The summed E-state index contributed by atoms with van der Waals surface area (Å²) < 4.78 is 0. The number of carbonyl (C=O) groups excluding carboxylic acids is 1. The van der Waals surface area contributed by atoms with Crippen LogP contribution in [0.15, 0.2) is 18.2 Å². The summed E-state index contributed by atoms with van der Waals surface area (Å²) >= 11 is 0. The number of carbonyl (C=O) groups is 1. The van der Waals surface area contributed by atoms with E-state index in [-0.39, 0.29) is 35.5 Å². The average Bonchev–Trinajstić information content (AvgIpc) is 2.41. The molecule has 1 aliphatic rings. The Morgan fingerprint density at radius 3 is 2.89 bits per heavy atom. The Balaban J connectivity index is 2.18. The maximum atomic E-state index is 12.2. The fourth-order valence-corrected chi connectivity index (χ4v) is 2.27. The van der Waals surface area contributed by atoms with E-state index < -0.39 is 0 Å². The van der Waals surface area contributed by atoms with Crippen LogP contribution in [-0.2, 0) is 0 Å². The Kier molecular flexibility index (Phi) is 3.72. The van der Waals surface area contributed by atoms with E-state index in [1.54, 1.807) is 4.90 Å². The zero-order chi connectivity index (χ0) is 13.1. The number of aromatic hydroxyl groups is 2. The van der Waals surface area contributed by atoms with Gasteiger partial charge in [-0.3, -0.25) is 4.79 Å². The van der Waals surface area contributed by atoms with Gasteiger partial charge in [0, 0.05) is 19.7 Å². The minimum Gasteiger partial charge on any atom is -0.504 e. The van der Waals surface area contributed by atoms with Gasteiger partial charge < -0.3 is 20.2 Å². The number of aliphatic hydroxyl groups excluding tert-OH is 1. The maximum absolute atomic E-state index is 12.2. The standard InChI is InChI=1S/C13H17NO4/c15-8-9-3-2-6-14(7-9)13(18)10-4-1-5-11(16)12(10)17/h1,4-5,9,15-17H,2-3,6-8H2. The molecule has 1 aromatic rings. The SMILES string of the molecule is O=C(c1cccc(O)c1O)N1CCCC(CO)C1. The smallest absolute Gasteiger partial charge is 0.257 e. The highest BCUT2D eigenvalue weighted by molar-refractivity contribution is 5.97. The number of hydrogen-bond acceptors (Lipinski definition) is 4. The summed E-state index contributed by atoms with van der Waals surface area (Å²) in [5, 5.41) is 28.2. The highest BCUT2D eigenvalue weighted by Crippen LogP contribution is 2.30. The van der Waals surface area contributed by atoms with E-state index in [0.29, 0.717) is 13.1 Å². The number of para-hydroxylation sites is 1.